The molecule has 0 nitrogen and oxygen atoms in total. The Bertz CT molecular complexity index is 204. The summed E-state index contributed by atoms with van der Waals surface area (Å²) < 4.78 is 12.4. The van der Waals surface area contributed by atoms with Crippen LogP contribution in [0.3, 0.4) is 0 Å². The van der Waals surface area contributed by atoms with Gasteiger partial charge in [0, 0.05) is 0 Å². The Morgan fingerprint density at radius 2 is 2.11 bits per heavy atom. The molecule has 0 bridgehead atoms. The minimum Gasteiger partial charge on any atom is -0.205 e. The van der Waals surface area contributed by atoms with Crippen molar-refractivity contribution in [1.29, 1.82) is 0 Å². The Morgan fingerprint density at radius 3 is 2.56 bits per heavy atom. The first-order chi connectivity index (χ1) is 4.22. The number of rotatable bonds is 0. The van der Waals surface area contributed by atoms with Crippen LogP contribution in [0.2, 0.25) is 5.02 Å². The molecule has 47 valence electrons. The Kier molecular flexibility index (Phi) is 1.88. The quantitative estimate of drug-likeness (QED) is 0.549. The Balaban J connectivity index is 3.25. The monoisotopic (exact) mass is 161 g/mol. The molecule has 0 spiro atoms. The number of halogens is 2. The molecule has 0 unspecified atom stereocenters. The fraction of sp³-hybridized carbons (Fsp3) is 0. The molecule has 0 aliphatic rings. The van der Waals surface area contributed by atoms with Crippen LogP contribution in [0.25, 0.3) is 0 Å². The van der Waals surface area contributed by atoms with Gasteiger partial charge >= 0.3 is 0 Å². The lowest BCUT2D eigenvalue weighted by Gasteiger charge is -1.93. The molecule has 0 atom stereocenters. The van der Waals surface area contributed by atoms with E-state index >= 15 is 0 Å². The third-order valence-electron chi connectivity index (χ3n) is 0.916. The first-order valence-corrected chi connectivity index (χ1v) is 3.11. The van der Waals surface area contributed by atoms with Crippen LogP contribution in [0, 0.1) is 5.82 Å². The molecule has 0 aliphatic carbocycles. The standard InChI is InChI=1S/C6H3ClFS/c7-6-4(8)2-1-3-5(6)9/h1-3H. The minimum absolute atomic E-state index is 0.0347. The van der Waals surface area contributed by atoms with Crippen molar-refractivity contribution in [3.8, 4) is 0 Å². The maximum absolute atomic E-state index is 12.4. The summed E-state index contributed by atoms with van der Waals surface area (Å²) in [6.07, 6.45) is 0. The van der Waals surface area contributed by atoms with Gasteiger partial charge in [-0.3, -0.25) is 0 Å². The van der Waals surface area contributed by atoms with Gasteiger partial charge in [-0.1, -0.05) is 30.3 Å². The maximum atomic E-state index is 12.4. The molecule has 0 fully saturated rings. The lowest BCUT2D eigenvalue weighted by atomic mass is 10.3. The van der Waals surface area contributed by atoms with Crippen molar-refractivity contribution in [3.05, 3.63) is 29.0 Å². The van der Waals surface area contributed by atoms with Crippen molar-refractivity contribution in [1.82, 2.24) is 0 Å². The fourth-order valence-corrected chi connectivity index (χ4v) is 0.786. The summed E-state index contributed by atoms with van der Waals surface area (Å²) >= 11 is 10.1. The van der Waals surface area contributed by atoms with Gasteiger partial charge in [0.05, 0.1) is 9.92 Å². The Morgan fingerprint density at radius 1 is 1.44 bits per heavy atom. The van der Waals surface area contributed by atoms with Crippen LogP contribution in [0.4, 0.5) is 4.39 Å². The topological polar surface area (TPSA) is 0 Å². The van der Waals surface area contributed by atoms with Crippen molar-refractivity contribution in [2.75, 3.05) is 0 Å². The highest BCUT2D eigenvalue weighted by molar-refractivity contribution is 7.80. The summed E-state index contributed by atoms with van der Waals surface area (Å²) in [6, 6.07) is 4.39. The normalized spacial score (nSPS) is 9.56. The molecule has 1 radical (unpaired) electrons. The number of benzene rings is 1. The summed E-state index contributed by atoms with van der Waals surface area (Å²) in [7, 11) is 0. The van der Waals surface area contributed by atoms with Crippen LogP contribution < -0.4 is 0 Å². The van der Waals surface area contributed by atoms with Gasteiger partial charge in [-0.15, -0.1) is 0 Å². The molecule has 0 saturated carbocycles. The van der Waals surface area contributed by atoms with E-state index < -0.39 is 5.82 Å². The van der Waals surface area contributed by atoms with Gasteiger partial charge in [0.15, 0.2) is 0 Å². The largest absolute Gasteiger partial charge is 0.205 e. The molecule has 1 aromatic carbocycles. The van der Waals surface area contributed by atoms with Crippen LogP contribution in [-0.4, -0.2) is 0 Å². The Hall–Kier alpha value is -0.340. The Labute approximate surface area is 63.1 Å². The zero-order valence-corrected chi connectivity index (χ0v) is 5.97. The molecule has 1 rings (SSSR count). The van der Waals surface area contributed by atoms with Gasteiger partial charge in [0.1, 0.15) is 5.82 Å². The van der Waals surface area contributed by atoms with Crippen LogP contribution in [0.15, 0.2) is 23.1 Å². The van der Waals surface area contributed by atoms with Crippen molar-refractivity contribution in [3.63, 3.8) is 0 Å². The summed E-state index contributed by atoms with van der Waals surface area (Å²) in [4.78, 5) is 0.358. The summed E-state index contributed by atoms with van der Waals surface area (Å²) in [6.45, 7) is 0. The highest BCUT2D eigenvalue weighted by atomic mass is 35.5. The molecular formula is C6H3ClFS. The van der Waals surface area contributed by atoms with E-state index in [0.29, 0.717) is 4.90 Å². The molecule has 0 aliphatic heterocycles. The third-order valence-corrected chi connectivity index (χ3v) is 1.75. The molecule has 9 heavy (non-hydrogen) atoms. The van der Waals surface area contributed by atoms with Gasteiger partial charge in [-0.05, 0) is 12.1 Å². The van der Waals surface area contributed by atoms with Gasteiger partial charge in [0.25, 0.3) is 0 Å². The average molecular weight is 162 g/mol. The van der Waals surface area contributed by atoms with E-state index in [-0.39, 0.29) is 5.02 Å². The predicted molar refractivity (Wildman–Crippen MR) is 37.3 cm³/mol. The van der Waals surface area contributed by atoms with Crippen LogP contribution >= 0.6 is 24.2 Å². The summed E-state index contributed by atoms with van der Waals surface area (Å²) in [5, 5.41) is 0.0347. The zero-order chi connectivity index (χ0) is 6.85. The van der Waals surface area contributed by atoms with Gasteiger partial charge in [0.2, 0.25) is 0 Å². The average Bonchev–Trinajstić information content (AvgIpc) is 1.83. The third kappa shape index (κ3) is 1.32. The molecule has 0 amide bonds. The van der Waals surface area contributed by atoms with Crippen LogP contribution in [0.1, 0.15) is 0 Å². The second-order valence-electron chi connectivity index (χ2n) is 1.55. The number of hydrogen-bond acceptors (Lipinski definition) is 0. The van der Waals surface area contributed by atoms with E-state index in [2.05, 4.69) is 12.6 Å². The predicted octanol–water partition coefficient (Wildman–Crippen LogP) is 3.04. The minimum atomic E-state index is -0.454. The van der Waals surface area contributed by atoms with Gasteiger partial charge in [-0.25, -0.2) is 4.39 Å². The van der Waals surface area contributed by atoms with Crippen LogP contribution in [-0.2, 0) is 0 Å². The van der Waals surface area contributed by atoms with E-state index in [1.807, 2.05) is 0 Å². The smallest absolute Gasteiger partial charge is 0.143 e. The second kappa shape index (κ2) is 2.50. The zero-order valence-electron chi connectivity index (χ0n) is 4.40. The summed E-state index contributed by atoms with van der Waals surface area (Å²) in [5.41, 5.74) is 0. The lowest BCUT2D eigenvalue weighted by Crippen LogP contribution is -1.75. The molecular weight excluding hydrogens is 159 g/mol. The maximum Gasteiger partial charge on any atom is 0.143 e. The van der Waals surface area contributed by atoms with E-state index in [1.165, 1.54) is 12.1 Å². The molecule has 0 heterocycles. The van der Waals surface area contributed by atoms with Gasteiger partial charge in [-0.2, -0.15) is 0 Å². The second-order valence-corrected chi connectivity index (χ2v) is 2.37. The first kappa shape index (κ1) is 6.78. The van der Waals surface area contributed by atoms with Crippen molar-refractivity contribution in [2.24, 2.45) is 0 Å². The first-order valence-electron chi connectivity index (χ1n) is 2.33. The van der Waals surface area contributed by atoms with Crippen molar-refractivity contribution >= 4 is 24.2 Å². The van der Waals surface area contributed by atoms with E-state index in [0.717, 1.165) is 0 Å². The fourth-order valence-electron chi connectivity index (χ4n) is 0.484. The van der Waals surface area contributed by atoms with E-state index in [9.17, 15) is 4.39 Å². The SMILES string of the molecule is Fc1cccc([S])c1Cl. The molecule has 3 heteroatoms. The van der Waals surface area contributed by atoms with E-state index in [4.69, 9.17) is 11.6 Å². The number of hydrogen-bond donors (Lipinski definition) is 0. The van der Waals surface area contributed by atoms with Gasteiger partial charge < -0.3 is 0 Å². The highest BCUT2D eigenvalue weighted by Crippen LogP contribution is 2.21. The summed E-state index contributed by atoms with van der Waals surface area (Å²) in [5.74, 6) is -0.454. The highest BCUT2D eigenvalue weighted by Gasteiger charge is 2.00. The van der Waals surface area contributed by atoms with E-state index in [1.54, 1.807) is 6.07 Å². The molecule has 0 N–H and O–H groups in total. The van der Waals surface area contributed by atoms with Crippen molar-refractivity contribution < 1.29 is 4.39 Å². The van der Waals surface area contributed by atoms with Crippen molar-refractivity contribution in [2.45, 2.75) is 4.90 Å². The lowest BCUT2D eigenvalue weighted by molar-refractivity contribution is 0.625. The molecule has 1 aromatic rings. The molecule has 0 saturated heterocycles. The molecule has 0 aromatic heterocycles. The van der Waals surface area contributed by atoms with Crippen LogP contribution in [0.5, 0.6) is 0 Å².